The summed E-state index contributed by atoms with van der Waals surface area (Å²) in [6.07, 6.45) is 1.10. The zero-order valence-corrected chi connectivity index (χ0v) is 16.2. The molecule has 134 valence electrons. The fourth-order valence-electron chi connectivity index (χ4n) is 2.03. The molecule has 0 saturated carbocycles. The van der Waals surface area contributed by atoms with Crippen molar-refractivity contribution in [2.75, 3.05) is 11.0 Å². The Kier molecular flexibility index (Phi) is 5.97. The Morgan fingerprint density at radius 2 is 1.80 bits per heavy atom. The Labute approximate surface area is 152 Å². The molecule has 0 bridgehead atoms. The molecule has 2 N–H and O–H groups in total. The molecule has 0 radical (unpaired) electrons. The van der Waals surface area contributed by atoms with Gasteiger partial charge in [-0.1, -0.05) is 26.0 Å². The molecule has 2 aromatic rings. The zero-order chi connectivity index (χ0) is 18.6. The van der Waals surface area contributed by atoms with E-state index in [1.807, 2.05) is 11.4 Å². The van der Waals surface area contributed by atoms with E-state index in [1.165, 1.54) is 0 Å². The molecule has 0 aliphatic rings. The van der Waals surface area contributed by atoms with Crippen molar-refractivity contribution in [2.45, 2.75) is 26.7 Å². The summed E-state index contributed by atoms with van der Waals surface area (Å²) in [6.45, 7) is 5.93. The Morgan fingerprint density at radius 1 is 1.16 bits per heavy atom. The van der Waals surface area contributed by atoms with Crippen LogP contribution in [0.4, 0.5) is 5.69 Å². The van der Waals surface area contributed by atoms with Gasteiger partial charge >= 0.3 is 0 Å². The summed E-state index contributed by atoms with van der Waals surface area (Å²) in [5.74, 6) is 0.133. The molecule has 2 rings (SSSR count). The van der Waals surface area contributed by atoms with Crippen molar-refractivity contribution in [1.29, 1.82) is 0 Å². The lowest BCUT2D eigenvalue weighted by atomic mass is 10.1. The lowest BCUT2D eigenvalue weighted by Gasteiger charge is -2.06. The van der Waals surface area contributed by atoms with Gasteiger partial charge in [-0.2, -0.15) is 5.10 Å². The molecule has 0 aliphatic heterocycles. The number of thiophene rings is 1. The summed E-state index contributed by atoms with van der Waals surface area (Å²) in [4.78, 5) is 13.3. The highest BCUT2D eigenvalue weighted by Crippen LogP contribution is 2.23. The standard InChI is InChI=1S/C17H21N3O3S2/c1-11(2)16-9-14(10-24-16)17(21)19-18-12(3)13-5-7-15(8-6-13)20-25(4,22)23/h5-11,20H,1-4H3,(H,19,21). The molecule has 6 nitrogen and oxygen atoms in total. The van der Waals surface area contributed by atoms with Gasteiger partial charge in [0.15, 0.2) is 0 Å². The van der Waals surface area contributed by atoms with Crippen LogP contribution in [0.25, 0.3) is 0 Å². The van der Waals surface area contributed by atoms with Gasteiger partial charge in [0.1, 0.15) is 0 Å². The van der Waals surface area contributed by atoms with Crippen LogP contribution in [-0.4, -0.2) is 26.3 Å². The third-order valence-electron chi connectivity index (χ3n) is 3.38. The molecule has 1 aromatic carbocycles. The quantitative estimate of drug-likeness (QED) is 0.596. The van der Waals surface area contributed by atoms with Crippen molar-refractivity contribution in [3.8, 4) is 0 Å². The number of hydrazone groups is 1. The van der Waals surface area contributed by atoms with E-state index in [4.69, 9.17) is 0 Å². The van der Waals surface area contributed by atoms with E-state index in [-0.39, 0.29) is 5.91 Å². The topological polar surface area (TPSA) is 87.6 Å². The minimum atomic E-state index is -3.30. The maximum absolute atomic E-state index is 12.1. The first-order chi connectivity index (χ1) is 11.7. The maximum atomic E-state index is 12.1. The number of nitrogens with one attached hydrogen (secondary N) is 2. The number of benzene rings is 1. The molecule has 1 aromatic heterocycles. The van der Waals surface area contributed by atoms with Gasteiger partial charge in [0.25, 0.3) is 5.91 Å². The van der Waals surface area contributed by atoms with E-state index in [0.29, 0.717) is 22.9 Å². The zero-order valence-electron chi connectivity index (χ0n) is 14.5. The van der Waals surface area contributed by atoms with Gasteiger partial charge in [-0.15, -0.1) is 11.3 Å². The predicted octanol–water partition coefficient (Wildman–Crippen LogP) is 3.40. The van der Waals surface area contributed by atoms with E-state index in [9.17, 15) is 13.2 Å². The smallest absolute Gasteiger partial charge is 0.272 e. The van der Waals surface area contributed by atoms with Crippen molar-refractivity contribution in [3.63, 3.8) is 0 Å². The highest BCUT2D eigenvalue weighted by Gasteiger charge is 2.10. The average Bonchev–Trinajstić information content (AvgIpc) is 3.01. The SMILES string of the molecule is CC(=NNC(=O)c1csc(C(C)C)c1)c1ccc(NS(C)(=O)=O)cc1. The molecule has 8 heteroatoms. The van der Waals surface area contributed by atoms with E-state index >= 15 is 0 Å². The molecule has 0 fully saturated rings. The number of anilines is 1. The molecular weight excluding hydrogens is 358 g/mol. The Morgan fingerprint density at radius 3 is 2.32 bits per heavy atom. The van der Waals surface area contributed by atoms with E-state index in [1.54, 1.807) is 42.5 Å². The highest BCUT2D eigenvalue weighted by molar-refractivity contribution is 7.92. The molecule has 0 spiro atoms. The summed E-state index contributed by atoms with van der Waals surface area (Å²) >= 11 is 1.56. The predicted molar refractivity (Wildman–Crippen MR) is 103 cm³/mol. The number of carbonyl (C=O) groups excluding carboxylic acids is 1. The summed E-state index contributed by atoms with van der Waals surface area (Å²) < 4.78 is 24.8. The fourth-order valence-corrected chi connectivity index (χ4v) is 3.50. The fraction of sp³-hybridized carbons (Fsp3) is 0.294. The molecule has 1 heterocycles. The molecule has 25 heavy (non-hydrogen) atoms. The number of carbonyl (C=O) groups is 1. The van der Waals surface area contributed by atoms with Gasteiger partial charge in [-0.3, -0.25) is 9.52 Å². The molecule has 0 aliphatic carbocycles. The number of hydrogen-bond acceptors (Lipinski definition) is 5. The summed E-state index contributed by atoms with van der Waals surface area (Å²) in [5, 5.41) is 5.93. The monoisotopic (exact) mass is 379 g/mol. The Balaban J connectivity index is 2.04. The van der Waals surface area contributed by atoms with Crippen LogP contribution in [0, 0.1) is 0 Å². The second-order valence-electron chi connectivity index (χ2n) is 5.98. The normalized spacial score (nSPS) is 12.3. The van der Waals surface area contributed by atoms with Crippen molar-refractivity contribution in [1.82, 2.24) is 5.43 Å². The lowest BCUT2D eigenvalue weighted by molar-refractivity contribution is 0.0955. The number of nitrogens with zero attached hydrogens (tertiary/aromatic N) is 1. The molecule has 0 saturated heterocycles. The minimum Gasteiger partial charge on any atom is -0.284 e. The number of rotatable bonds is 6. The third kappa shape index (κ3) is 5.68. The van der Waals surface area contributed by atoms with Crippen molar-refractivity contribution < 1.29 is 13.2 Å². The Hall–Kier alpha value is -2.19. The Bertz CT molecular complexity index is 882. The van der Waals surface area contributed by atoms with Crippen LogP contribution in [0.15, 0.2) is 40.8 Å². The molecule has 1 amide bonds. The molecule has 0 unspecified atom stereocenters. The van der Waals surface area contributed by atoms with Gasteiger partial charge in [-0.05, 0) is 36.6 Å². The van der Waals surface area contributed by atoms with Gasteiger partial charge in [0.05, 0.1) is 17.5 Å². The maximum Gasteiger partial charge on any atom is 0.272 e. The lowest BCUT2D eigenvalue weighted by Crippen LogP contribution is -2.18. The number of amides is 1. The second-order valence-corrected chi connectivity index (χ2v) is 8.67. The van der Waals surface area contributed by atoms with Crippen LogP contribution in [0.2, 0.25) is 0 Å². The molecular formula is C17H21N3O3S2. The van der Waals surface area contributed by atoms with Crippen molar-refractivity contribution in [3.05, 3.63) is 51.7 Å². The van der Waals surface area contributed by atoms with Crippen LogP contribution in [0.3, 0.4) is 0 Å². The van der Waals surface area contributed by atoms with Gasteiger partial charge in [0.2, 0.25) is 10.0 Å². The van der Waals surface area contributed by atoms with Crippen molar-refractivity contribution in [2.24, 2.45) is 5.10 Å². The van der Waals surface area contributed by atoms with Crippen molar-refractivity contribution >= 4 is 38.7 Å². The van der Waals surface area contributed by atoms with E-state index < -0.39 is 10.0 Å². The summed E-state index contributed by atoms with van der Waals surface area (Å²) in [6, 6.07) is 8.64. The van der Waals surface area contributed by atoms with Crippen LogP contribution in [0.1, 0.15) is 47.5 Å². The van der Waals surface area contributed by atoms with Gasteiger partial charge in [0, 0.05) is 15.9 Å². The first-order valence-corrected chi connectivity index (χ1v) is 10.4. The van der Waals surface area contributed by atoms with Gasteiger partial charge < -0.3 is 0 Å². The first kappa shape index (κ1) is 19.1. The van der Waals surface area contributed by atoms with Crippen LogP contribution < -0.4 is 10.1 Å². The largest absolute Gasteiger partial charge is 0.284 e. The summed E-state index contributed by atoms with van der Waals surface area (Å²) in [7, 11) is -3.30. The molecule has 0 atom stereocenters. The highest BCUT2D eigenvalue weighted by atomic mass is 32.2. The third-order valence-corrected chi connectivity index (χ3v) is 5.22. The van der Waals surface area contributed by atoms with Crippen LogP contribution in [0.5, 0.6) is 0 Å². The minimum absolute atomic E-state index is 0.252. The average molecular weight is 380 g/mol. The number of sulfonamides is 1. The van der Waals surface area contributed by atoms with E-state index in [0.717, 1.165) is 16.7 Å². The van der Waals surface area contributed by atoms with Crippen LogP contribution >= 0.6 is 11.3 Å². The van der Waals surface area contributed by atoms with Gasteiger partial charge in [-0.25, -0.2) is 13.8 Å². The summed E-state index contributed by atoms with van der Waals surface area (Å²) in [5.41, 5.74) is 5.02. The van der Waals surface area contributed by atoms with E-state index in [2.05, 4.69) is 29.1 Å². The number of hydrogen-bond donors (Lipinski definition) is 2. The van der Waals surface area contributed by atoms with Crippen LogP contribution in [-0.2, 0) is 10.0 Å². The second kappa shape index (κ2) is 7.79. The first-order valence-electron chi connectivity index (χ1n) is 7.67.